The summed E-state index contributed by atoms with van der Waals surface area (Å²) in [7, 11) is 1.52. The molecule has 6 rings (SSSR count). The quantitative estimate of drug-likeness (QED) is 0.283. The van der Waals surface area contributed by atoms with Crippen molar-refractivity contribution in [3.05, 3.63) is 71.0 Å². The maximum absolute atomic E-state index is 14.0. The number of hydrogen-bond acceptors (Lipinski definition) is 12. The molecule has 1 spiro atoms. The van der Waals surface area contributed by atoms with E-state index in [0.717, 1.165) is 37.8 Å². The molecule has 13 heteroatoms. The summed E-state index contributed by atoms with van der Waals surface area (Å²) in [6.45, 7) is 1.84. The van der Waals surface area contributed by atoms with E-state index in [-0.39, 0.29) is 23.7 Å². The zero-order valence-corrected chi connectivity index (χ0v) is 25.9. The van der Waals surface area contributed by atoms with Crippen molar-refractivity contribution in [1.29, 1.82) is 0 Å². The largest absolute Gasteiger partial charge is 0.493 e. The maximum atomic E-state index is 14.0. The Kier molecular flexibility index (Phi) is 8.20. The fraction of sp³-hybridized carbons (Fsp3) is 0.441. The van der Waals surface area contributed by atoms with Gasteiger partial charge in [-0.1, -0.05) is 42.8 Å². The van der Waals surface area contributed by atoms with E-state index in [9.17, 15) is 34.2 Å². The number of ether oxygens (including phenoxy) is 6. The van der Waals surface area contributed by atoms with E-state index in [1.807, 2.05) is 12.1 Å². The van der Waals surface area contributed by atoms with E-state index >= 15 is 0 Å². The Labute approximate surface area is 269 Å². The fourth-order valence-electron chi connectivity index (χ4n) is 7.75. The predicted molar refractivity (Wildman–Crippen MR) is 158 cm³/mol. The van der Waals surface area contributed by atoms with E-state index < -0.39 is 65.3 Å². The lowest BCUT2D eigenvalue weighted by atomic mass is 9.47. The third-order valence-electron chi connectivity index (χ3n) is 9.57. The van der Waals surface area contributed by atoms with E-state index in [1.54, 1.807) is 24.3 Å². The van der Waals surface area contributed by atoms with Crippen LogP contribution < -0.4 is 9.47 Å². The summed E-state index contributed by atoms with van der Waals surface area (Å²) in [5.74, 6) is -5.39. The number of carbonyl (C=O) groups is 5. The molecular weight excluding hydrogens is 616 g/mol. The fourth-order valence-corrected chi connectivity index (χ4v) is 7.75. The van der Waals surface area contributed by atoms with Crippen molar-refractivity contribution >= 4 is 29.8 Å². The van der Waals surface area contributed by atoms with Gasteiger partial charge < -0.3 is 38.6 Å². The molecule has 0 aromatic heterocycles. The Morgan fingerprint density at radius 3 is 2.30 bits per heavy atom. The number of methoxy groups -OCH3 is 1. The van der Waals surface area contributed by atoms with Crippen molar-refractivity contribution in [2.45, 2.75) is 81.4 Å². The average molecular weight is 651 g/mol. The van der Waals surface area contributed by atoms with Gasteiger partial charge in [0.1, 0.15) is 5.76 Å². The molecule has 1 saturated carbocycles. The Morgan fingerprint density at radius 1 is 0.936 bits per heavy atom. The average Bonchev–Trinajstić information content (AvgIpc) is 3.38. The van der Waals surface area contributed by atoms with Crippen LogP contribution in [0.3, 0.4) is 0 Å². The van der Waals surface area contributed by atoms with Crippen LogP contribution in [0.25, 0.3) is 0 Å². The minimum Gasteiger partial charge on any atom is -0.493 e. The monoisotopic (exact) mass is 650 g/mol. The molecule has 1 heterocycles. The Balaban J connectivity index is 1.34. The summed E-state index contributed by atoms with van der Waals surface area (Å²) >= 11 is 0. The van der Waals surface area contributed by atoms with Gasteiger partial charge in [-0.15, -0.1) is 0 Å². The van der Waals surface area contributed by atoms with Crippen molar-refractivity contribution in [1.82, 2.24) is 0 Å². The van der Waals surface area contributed by atoms with Crippen LogP contribution >= 0.6 is 0 Å². The second kappa shape index (κ2) is 12.0. The summed E-state index contributed by atoms with van der Waals surface area (Å²) in [6, 6.07) is 11.6. The highest BCUT2D eigenvalue weighted by atomic mass is 16.6. The van der Waals surface area contributed by atoms with Crippen molar-refractivity contribution in [2.75, 3.05) is 7.11 Å². The summed E-state index contributed by atoms with van der Waals surface area (Å²) in [5, 5.41) is 22.0. The second-order valence-corrected chi connectivity index (χ2v) is 12.2. The van der Waals surface area contributed by atoms with E-state index in [4.69, 9.17) is 28.4 Å². The van der Waals surface area contributed by atoms with Gasteiger partial charge in [-0.3, -0.25) is 9.59 Å². The molecule has 248 valence electrons. The maximum Gasteiger partial charge on any atom is 0.357 e. The first kappa shape index (κ1) is 32.0. The number of hydrogen-bond donors (Lipinski definition) is 2. The molecule has 2 aromatic carbocycles. The number of carboxylic acid groups (broad SMARTS) is 1. The number of rotatable bonds is 10. The minimum absolute atomic E-state index is 0.0432. The molecule has 0 unspecified atom stereocenters. The van der Waals surface area contributed by atoms with Crippen molar-refractivity contribution in [3.8, 4) is 11.5 Å². The third-order valence-corrected chi connectivity index (χ3v) is 9.57. The molecule has 1 fully saturated rings. The Morgan fingerprint density at radius 2 is 1.64 bits per heavy atom. The van der Waals surface area contributed by atoms with Gasteiger partial charge in [0.05, 0.1) is 18.1 Å². The number of aliphatic carboxylic acids is 1. The molecule has 13 nitrogen and oxygen atoms in total. The van der Waals surface area contributed by atoms with Gasteiger partial charge in [-0.25, -0.2) is 14.4 Å². The summed E-state index contributed by atoms with van der Waals surface area (Å²) < 4.78 is 33.2. The number of carboxylic acids is 1. The van der Waals surface area contributed by atoms with E-state index in [2.05, 4.69) is 0 Å². The van der Waals surface area contributed by atoms with Crippen LogP contribution in [0.15, 0.2) is 54.3 Å². The van der Waals surface area contributed by atoms with Crippen LogP contribution in [0.5, 0.6) is 11.5 Å². The predicted octanol–water partition coefficient (Wildman–Crippen LogP) is 2.84. The lowest BCUT2D eigenvalue weighted by molar-refractivity contribution is -0.193. The molecule has 7 atom stereocenters. The highest BCUT2D eigenvalue weighted by molar-refractivity contribution is 5.90. The number of carbonyl (C=O) groups excluding carboxylic acids is 4. The molecule has 2 aromatic rings. The molecule has 0 amide bonds. The molecule has 3 aliphatic carbocycles. The normalized spacial score (nSPS) is 26.6. The van der Waals surface area contributed by atoms with Crippen LogP contribution in [0.2, 0.25) is 0 Å². The highest BCUT2D eigenvalue weighted by Crippen LogP contribution is 2.67. The number of benzene rings is 2. The molecule has 2 bridgehead atoms. The molecule has 0 radical (unpaired) electrons. The number of aliphatic hydroxyl groups is 1. The topological polar surface area (TPSA) is 181 Å². The van der Waals surface area contributed by atoms with Gasteiger partial charge in [0.25, 0.3) is 0 Å². The van der Waals surface area contributed by atoms with Crippen LogP contribution in [0.4, 0.5) is 0 Å². The van der Waals surface area contributed by atoms with E-state index in [1.165, 1.54) is 19.2 Å². The first-order valence-electron chi connectivity index (χ1n) is 15.2. The van der Waals surface area contributed by atoms with Gasteiger partial charge in [-0.2, -0.15) is 0 Å². The molecule has 4 aliphatic rings. The molecule has 47 heavy (non-hydrogen) atoms. The number of esters is 4. The second-order valence-electron chi connectivity index (χ2n) is 12.2. The molecule has 1 aliphatic heterocycles. The van der Waals surface area contributed by atoms with E-state index in [0.29, 0.717) is 24.3 Å². The van der Waals surface area contributed by atoms with Crippen molar-refractivity contribution in [3.63, 3.8) is 0 Å². The van der Waals surface area contributed by atoms with Crippen LogP contribution in [-0.4, -0.2) is 71.1 Å². The highest BCUT2D eigenvalue weighted by Gasteiger charge is 2.71. The Bertz CT molecular complexity index is 1670. The molecule has 0 saturated heterocycles. The van der Waals surface area contributed by atoms with Crippen molar-refractivity contribution < 1.29 is 62.6 Å². The van der Waals surface area contributed by atoms with Gasteiger partial charge in [0.2, 0.25) is 18.3 Å². The first-order valence-corrected chi connectivity index (χ1v) is 15.2. The van der Waals surface area contributed by atoms with Gasteiger partial charge in [-0.05, 0) is 49.3 Å². The van der Waals surface area contributed by atoms with Crippen LogP contribution in [0.1, 0.15) is 62.3 Å². The summed E-state index contributed by atoms with van der Waals surface area (Å²) in [4.78, 5) is 62.7. The van der Waals surface area contributed by atoms with Gasteiger partial charge in [0.15, 0.2) is 17.6 Å². The lowest BCUT2D eigenvalue weighted by Gasteiger charge is -2.59. The van der Waals surface area contributed by atoms with Gasteiger partial charge in [0, 0.05) is 25.0 Å². The zero-order valence-electron chi connectivity index (χ0n) is 25.9. The molecule has 2 N–H and O–H groups in total. The first-order chi connectivity index (χ1) is 22.4. The smallest absolute Gasteiger partial charge is 0.357 e. The van der Waals surface area contributed by atoms with Gasteiger partial charge >= 0.3 is 29.8 Å². The zero-order chi connectivity index (χ0) is 33.7. The van der Waals surface area contributed by atoms with Crippen LogP contribution in [0, 0.1) is 5.92 Å². The summed E-state index contributed by atoms with van der Waals surface area (Å²) in [6.07, 6.45) is -2.48. The summed E-state index contributed by atoms with van der Waals surface area (Å²) in [5.41, 5.74) is -0.0361. The SMILES string of the molecule is COc1ccc2c3c1O[C@@H]1C(OC(=O)[C@@H](OC(=O)[C@H](OC(C)=O)[C@@H](OC(C)=O)C(=O)O)c4ccccc4)=CC[C@]4(O)[C@@H](CCC[C@@]314)C2. The lowest BCUT2D eigenvalue weighted by Crippen LogP contribution is -2.67. The van der Waals surface area contributed by atoms with Crippen molar-refractivity contribution in [2.24, 2.45) is 5.92 Å². The standard InChI is InChI=1S/C34H34O13/c1-17(35)43-27(30(37)38)28(44-18(2)36)32(40)47-25(19-8-5-4-6-9-19)31(39)45-23-13-15-34(41)21-10-7-14-33(34)24-20(16-21)11-12-22(42-3)26(24)46-29(23)33/h4-6,8-9,11-13,21,25,27-29,41H,7,10,14-16H2,1-3H3,(H,37,38)/t21-,25-,27+,28+,29+,33+,34-/m0/s1. The molecular formula is C34H34O13. The van der Waals surface area contributed by atoms with Crippen LogP contribution in [-0.2, 0) is 54.8 Å². The Hall–Kier alpha value is -4.91. The minimum atomic E-state index is -2.26. The third kappa shape index (κ3) is 5.18.